The van der Waals surface area contributed by atoms with Crippen LogP contribution >= 0.6 is 23.4 Å². The predicted molar refractivity (Wildman–Crippen MR) is 115 cm³/mol. The average Bonchev–Trinajstić information content (AvgIpc) is 2.65. The van der Waals surface area contributed by atoms with Crippen LogP contribution in [0.25, 0.3) is 0 Å². The van der Waals surface area contributed by atoms with Gasteiger partial charge >= 0.3 is 0 Å². The Morgan fingerprint density at radius 1 is 1.21 bits per heavy atom. The molecule has 152 valence electrons. The highest BCUT2D eigenvalue weighted by Gasteiger charge is 2.25. The van der Waals surface area contributed by atoms with E-state index in [1.165, 1.54) is 31.0 Å². The van der Waals surface area contributed by atoms with Crippen molar-refractivity contribution in [2.75, 3.05) is 24.4 Å². The number of hydrogen-bond acceptors (Lipinski definition) is 5. The first-order chi connectivity index (χ1) is 13.3. The highest BCUT2D eigenvalue weighted by atomic mass is 35.5. The van der Waals surface area contributed by atoms with Crippen molar-refractivity contribution in [3.05, 3.63) is 53.1 Å². The normalized spacial score (nSPS) is 12.4. The molecule has 0 aromatic heterocycles. The van der Waals surface area contributed by atoms with Crippen molar-refractivity contribution in [2.45, 2.75) is 24.3 Å². The molecule has 9 heteroatoms. The number of aryl methyl sites for hydroxylation is 1. The molecule has 6 nitrogen and oxygen atoms in total. The lowest BCUT2D eigenvalue weighted by Crippen LogP contribution is -2.44. The molecule has 0 saturated carbocycles. The van der Waals surface area contributed by atoms with Crippen molar-refractivity contribution < 1.29 is 17.9 Å². The molecule has 0 spiro atoms. The van der Waals surface area contributed by atoms with Crippen LogP contribution in [0.15, 0.2) is 47.4 Å². The number of nitrogens with one attached hydrogen (secondary N) is 2. The molecular weight excluding hydrogens is 420 g/mol. The fourth-order valence-electron chi connectivity index (χ4n) is 2.43. The number of rotatable bonds is 9. The Balaban J connectivity index is 2.18. The highest BCUT2D eigenvalue weighted by Crippen LogP contribution is 2.27. The second kappa shape index (κ2) is 10.2. The van der Waals surface area contributed by atoms with Gasteiger partial charge in [-0.2, -0.15) is 16.5 Å². The van der Waals surface area contributed by atoms with E-state index in [9.17, 15) is 13.2 Å². The van der Waals surface area contributed by atoms with Crippen molar-refractivity contribution in [3.8, 4) is 5.75 Å². The van der Waals surface area contributed by atoms with Gasteiger partial charge in [-0.3, -0.25) is 4.79 Å². The molecule has 2 N–H and O–H groups in total. The monoisotopic (exact) mass is 442 g/mol. The van der Waals surface area contributed by atoms with E-state index in [0.29, 0.717) is 28.6 Å². The van der Waals surface area contributed by atoms with Crippen molar-refractivity contribution in [1.29, 1.82) is 0 Å². The quantitative estimate of drug-likeness (QED) is 0.618. The maximum absolute atomic E-state index is 12.7. The topological polar surface area (TPSA) is 84.5 Å². The van der Waals surface area contributed by atoms with Crippen LogP contribution in [0.5, 0.6) is 5.75 Å². The number of amides is 1. The standard InChI is InChI=1S/C19H23ClN2O4S2/c1-13-4-7-15(8-5-13)28(24,25)22-17(10-11-27-3)19(23)21-14-6-9-18(26-2)16(20)12-14/h4-9,12,17,22H,10-11H2,1-3H3,(H,21,23). The van der Waals surface area contributed by atoms with E-state index >= 15 is 0 Å². The van der Waals surface area contributed by atoms with Gasteiger partial charge in [-0.25, -0.2) is 8.42 Å². The lowest BCUT2D eigenvalue weighted by Gasteiger charge is -2.18. The van der Waals surface area contributed by atoms with Gasteiger partial charge in [-0.05, 0) is 55.7 Å². The summed E-state index contributed by atoms with van der Waals surface area (Å²) in [4.78, 5) is 12.8. The number of carbonyl (C=O) groups is 1. The van der Waals surface area contributed by atoms with Crippen LogP contribution in [0.3, 0.4) is 0 Å². The molecule has 0 heterocycles. The van der Waals surface area contributed by atoms with Gasteiger partial charge in [-0.1, -0.05) is 29.3 Å². The summed E-state index contributed by atoms with van der Waals surface area (Å²) in [5.74, 6) is 0.655. The maximum atomic E-state index is 12.7. The summed E-state index contributed by atoms with van der Waals surface area (Å²) in [7, 11) is -2.33. The molecule has 0 saturated heterocycles. The first kappa shape index (κ1) is 22.5. The van der Waals surface area contributed by atoms with E-state index in [1.54, 1.807) is 30.3 Å². The van der Waals surface area contributed by atoms with E-state index < -0.39 is 22.0 Å². The first-order valence-corrected chi connectivity index (χ1v) is 11.7. The third kappa shape index (κ3) is 6.13. The molecule has 2 rings (SSSR count). The van der Waals surface area contributed by atoms with Gasteiger partial charge in [-0.15, -0.1) is 0 Å². The van der Waals surface area contributed by atoms with Gasteiger partial charge in [0, 0.05) is 5.69 Å². The van der Waals surface area contributed by atoms with Crippen LogP contribution in [0, 0.1) is 6.92 Å². The number of thioether (sulfide) groups is 1. The van der Waals surface area contributed by atoms with Gasteiger partial charge in [0.1, 0.15) is 11.8 Å². The van der Waals surface area contributed by atoms with E-state index in [2.05, 4.69) is 10.0 Å². The number of methoxy groups -OCH3 is 1. The van der Waals surface area contributed by atoms with Gasteiger partial charge in [0.25, 0.3) is 0 Å². The number of carbonyl (C=O) groups excluding carboxylic acids is 1. The van der Waals surface area contributed by atoms with Crippen molar-refractivity contribution >= 4 is 45.0 Å². The molecule has 1 amide bonds. The summed E-state index contributed by atoms with van der Waals surface area (Å²) in [6.45, 7) is 1.87. The zero-order chi connectivity index (χ0) is 20.7. The van der Waals surface area contributed by atoms with Crippen LogP contribution in [0.4, 0.5) is 5.69 Å². The minimum absolute atomic E-state index is 0.118. The van der Waals surface area contributed by atoms with Gasteiger partial charge in [0.05, 0.1) is 17.0 Å². The van der Waals surface area contributed by atoms with Crippen LogP contribution in [0.2, 0.25) is 5.02 Å². The Hall–Kier alpha value is -1.74. The minimum Gasteiger partial charge on any atom is -0.495 e. The lowest BCUT2D eigenvalue weighted by atomic mass is 10.2. The van der Waals surface area contributed by atoms with Crippen LogP contribution in [-0.4, -0.2) is 39.5 Å². The minimum atomic E-state index is -3.83. The lowest BCUT2D eigenvalue weighted by molar-refractivity contribution is -0.117. The van der Waals surface area contributed by atoms with E-state index in [0.717, 1.165) is 5.56 Å². The fraction of sp³-hybridized carbons (Fsp3) is 0.316. The molecule has 0 bridgehead atoms. The van der Waals surface area contributed by atoms with E-state index in [4.69, 9.17) is 16.3 Å². The summed E-state index contributed by atoms with van der Waals surface area (Å²) >= 11 is 7.62. The van der Waals surface area contributed by atoms with Gasteiger partial charge < -0.3 is 10.1 Å². The molecular formula is C19H23ClN2O4S2. The van der Waals surface area contributed by atoms with Gasteiger partial charge in [0.15, 0.2) is 0 Å². The highest BCUT2D eigenvalue weighted by molar-refractivity contribution is 7.98. The van der Waals surface area contributed by atoms with Crippen molar-refractivity contribution in [3.63, 3.8) is 0 Å². The number of ether oxygens (including phenoxy) is 1. The van der Waals surface area contributed by atoms with Gasteiger partial charge in [0.2, 0.25) is 15.9 Å². The van der Waals surface area contributed by atoms with Crippen LogP contribution in [-0.2, 0) is 14.8 Å². The second-order valence-electron chi connectivity index (χ2n) is 6.11. The maximum Gasteiger partial charge on any atom is 0.242 e. The Morgan fingerprint density at radius 3 is 2.46 bits per heavy atom. The largest absolute Gasteiger partial charge is 0.495 e. The molecule has 0 aliphatic carbocycles. The summed E-state index contributed by atoms with van der Waals surface area (Å²) < 4.78 is 33.0. The molecule has 2 aromatic rings. The predicted octanol–water partition coefficient (Wildman–Crippen LogP) is 3.70. The molecule has 28 heavy (non-hydrogen) atoms. The van der Waals surface area contributed by atoms with Crippen LogP contribution < -0.4 is 14.8 Å². The SMILES string of the molecule is COc1ccc(NC(=O)C(CCSC)NS(=O)(=O)c2ccc(C)cc2)cc1Cl. The molecule has 2 aromatic carbocycles. The third-order valence-electron chi connectivity index (χ3n) is 3.98. The Bertz CT molecular complexity index is 918. The van der Waals surface area contributed by atoms with Crippen LogP contribution in [0.1, 0.15) is 12.0 Å². The van der Waals surface area contributed by atoms with E-state index in [-0.39, 0.29) is 4.90 Å². The van der Waals surface area contributed by atoms with Crippen molar-refractivity contribution in [2.24, 2.45) is 0 Å². The number of benzene rings is 2. The zero-order valence-electron chi connectivity index (χ0n) is 15.9. The number of anilines is 1. The molecule has 0 radical (unpaired) electrons. The number of sulfonamides is 1. The molecule has 0 aliphatic rings. The molecule has 1 unspecified atom stereocenters. The Kier molecular flexibility index (Phi) is 8.18. The number of hydrogen-bond donors (Lipinski definition) is 2. The second-order valence-corrected chi connectivity index (χ2v) is 9.21. The smallest absolute Gasteiger partial charge is 0.242 e. The molecule has 0 fully saturated rings. The summed E-state index contributed by atoms with van der Waals surface area (Å²) in [6, 6.07) is 10.4. The first-order valence-electron chi connectivity index (χ1n) is 8.49. The zero-order valence-corrected chi connectivity index (χ0v) is 18.2. The average molecular weight is 443 g/mol. The third-order valence-corrected chi connectivity index (χ3v) is 6.40. The molecule has 1 atom stereocenters. The molecule has 0 aliphatic heterocycles. The Labute approximate surface area is 175 Å². The fourth-order valence-corrected chi connectivity index (χ4v) is 4.38. The number of halogens is 1. The summed E-state index contributed by atoms with van der Waals surface area (Å²) in [5, 5.41) is 3.06. The van der Waals surface area contributed by atoms with Crippen molar-refractivity contribution in [1.82, 2.24) is 4.72 Å². The summed E-state index contributed by atoms with van der Waals surface area (Å²) in [5.41, 5.74) is 1.41. The van der Waals surface area contributed by atoms with E-state index in [1.807, 2.05) is 13.2 Å². The Morgan fingerprint density at radius 2 is 1.89 bits per heavy atom. The summed E-state index contributed by atoms with van der Waals surface area (Å²) in [6.07, 6.45) is 2.24.